The maximum absolute atomic E-state index is 13.4. The summed E-state index contributed by atoms with van der Waals surface area (Å²) in [5, 5.41) is 0. The van der Waals surface area contributed by atoms with E-state index in [1.165, 1.54) is 0 Å². The van der Waals surface area contributed by atoms with Gasteiger partial charge in [-0.3, -0.25) is 9.79 Å². The molecule has 1 aromatic heterocycles. The van der Waals surface area contributed by atoms with Crippen LogP contribution in [0.3, 0.4) is 0 Å². The molecule has 7 heteroatoms. The Labute approximate surface area is 209 Å². The third kappa shape index (κ3) is 6.59. The molecule has 0 unspecified atom stereocenters. The highest BCUT2D eigenvalue weighted by Crippen LogP contribution is 2.31. The van der Waals surface area contributed by atoms with Crippen molar-refractivity contribution in [2.24, 2.45) is 4.99 Å². The Kier molecular flexibility index (Phi) is 10.8. The van der Waals surface area contributed by atoms with Crippen molar-refractivity contribution in [3.8, 4) is 17.0 Å². The first-order chi connectivity index (χ1) is 17.1. The van der Waals surface area contributed by atoms with Gasteiger partial charge in [-0.2, -0.15) is 0 Å². The number of ether oxygens (including phenoxy) is 1. The van der Waals surface area contributed by atoms with Gasteiger partial charge >= 0.3 is 0 Å². The minimum atomic E-state index is -0.0693. The van der Waals surface area contributed by atoms with Crippen LogP contribution in [0.4, 0.5) is 0 Å². The van der Waals surface area contributed by atoms with E-state index in [-0.39, 0.29) is 12.5 Å². The summed E-state index contributed by atoms with van der Waals surface area (Å²) in [7, 11) is 3.32. The summed E-state index contributed by atoms with van der Waals surface area (Å²) >= 11 is 0. The van der Waals surface area contributed by atoms with Crippen LogP contribution in [0.2, 0.25) is 0 Å². The lowest BCUT2D eigenvalue weighted by molar-refractivity contribution is -0.129. The Morgan fingerprint density at radius 2 is 1.91 bits per heavy atom. The molecule has 1 aromatic carbocycles. The average Bonchev–Trinajstić information content (AvgIpc) is 3.22. The van der Waals surface area contributed by atoms with E-state index in [4.69, 9.17) is 9.72 Å². The smallest absolute Gasteiger partial charge is 0.247 e. The third-order valence-corrected chi connectivity index (χ3v) is 5.31. The predicted molar refractivity (Wildman–Crippen MR) is 144 cm³/mol. The molecule has 0 N–H and O–H groups in total. The molecule has 0 bridgehead atoms. The molecule has 186 valence electrons. The van der Waals surface area contributed by atoms with Gasteiger partial charge in [0.25, 0.3) is 0 Å². The number of aromatic nitrogens is 2. The number of aliphatic imine (C=N–C) groups is 1. The van der Waals surface area contributed by atoms with Gasteiger partial charge in [0.05, 0.1) is 32.2 Å². The van der Waals surface area contributed by atoms with Crippen molar-refractivity contribution < 1.29 is 9.53 Å². The number of hydrogen-bond acceptors (Lipinski definition) is 4. The monoisotopic (exact) mass is 475 g/mol. The summed E-state index contributed by atoms with van der Waals surface area (Å²) in [6.07, 6.45) is 13.2. The molecule has 1 aliphatic rings. The van der Waals surface area contributed by atoms with Gasteiger partial charge in [-0.15, -0.1) is 0 Å². The molecule has 0 saturated heterocycles. The number of nitrogens with zero attached hydrogens (tertiary/aromatic N) is 5. The highest BCUT2D eigenvalue weighted by atomic mass is 16.5. The van der Waals surface area contributed by atoms with Crippen molar-refractivity contribution in [1.82, 2.24) is 19.4 Å². The van der Waals surface area contributed by atoms with Gasteiger partial charge in [0.1, 0.15) is 18.1 Å². The molecule has 0 atom stereocenters. The van der Waals surface area contributed by atoms with Crippen molar-refractivity contribution >= 4 is 12.2 Å². The summed E-state index contributed by atoms with van der Waals surface area (Å²) in [4.78, 5) is 25.8. The number of amides is 1. The van der Waals surface area contributed by atoms with Gasteiger partial charge < -0.3 is 19.1 Å². The van der Waals surface area contributed by atoms with Gasteiger partial charge in [-0.05, 0) is 43.8 Å². The Bertz CT molecular complexity index is 1120. The van der Waals surface area contributed by atoms with E-state index in [2.05, 4.69) is 16.1 Å². The van der Waals surface area contributed by atoms with Crippen molar-refractivity contribution in [1.29, 1.82) is 0 Å². The highest BCUT2D eigenvalue weighted by molar-refractivity contribution is 5.83. The van der Waals surface area contributed by atoms with E-state index in [0.29, 0.717) is 13.1 Å². The lowest BCUT2D eigenvalue weighted by atomic mass is 10.1. The number of methoxy groups -OCH3 is 1. The fraction of sp³-hybridized carbons (Fsp3) is 0.321. The van der Waals surface area contributed by atoms with Crippen LogP contribution in [0.25, 0.3) is 11.3 Å². The summed E-state index contributed by atoms with van der Waals surface area (Å²) < 4.78 is 7.64. The standard InChI is InChI=1S/C26H31N5O2.C2H6/c1-6-11-20-15-30-16-22(21-13-9-10-14-24(21)33-5)28-25(30)17-31(23(20)12-7-2)26(32)18-29(8-3)19-27-4;1-2/h6-14,16,19H,3,15,17-18H2,1-2,4-5H3;1-2H3/b11-6-,12-7-,27-19?;. The number of carbonyl (C=O) groups excluding carboxylic acids is 1. The average molecular weight is 476 g/mol. The first-order valence-electron chi connectivity index (χ1n) is 11.8. The minimum Gasteiger partial charge on any atom is -0.496 e. The van der Waals surface area contributed by atoms with E-state index >= 15 is 0 Å². The molecule has 7 nitrogen and oxygen atoms in total. The molecule has 0 fully saturated rings. The molecule has 0 spiro atoms. The third-order valence-electron chi connectivity index (χ3n) is 5.31. The van der Waals surface area contributed by atoms with E-state index in [1.54, 1.807) is 36.5 Å². The van der Waals surface area contributed by atoms with Crippen LogP contribution >= 0.6 is 0 Å². The number of imidazole rings is 1. The Balaban J connectivity index is 0.00000210. The predicted octanol–water partition coefficient (Wildman–Crippen LogP) is 5.44. The van der Waals surface area contributed by atoms with E-state index in [1.807, 2.05) is 82.5 Å². The first kappa shape index (κ1) is 27.4. The summed E-state index contributed by atoms with van der Waals surface area (Å²) in [5.74, 6) is 1.50. The van der Waals surface area contributed by atoms with Crippen molar-refractivity contribution in [2.45, 2.75) is 40.8 Å². The van der Waals surface area contributed by atoms with Crippen LogP contribution in [-0.4, -0.2) is 52.3 Å². The first-order valence-corrected chi connectivity index (χ1v) is 11.8. The molecule has 0 radical (unpaired) electrons. The summed E-state index contributed by atoms with van der Waals surface area (Å²) in [6.45, 7) is 12.8. The van der Waals surface area contributed by atoms with Crippen LogP contribution in [-0.2, 0) is 17.9 Å². The van der Waals surface area contributed by atoms with Crippen LogP contribution in [0.5, 0.6) is 5.75 Å². The zero-order valence-electron chi connectivity index (χ0n) is 21.7. The Morgan fingerprint density at radius 3 is 2.54 bits per heavy atom. The fourth-order valence-electron chi connectivity index (χ4n) is 3.83. The lowest BCUT2D eigenvalue weighted by Gasteiger charge is -2.25. The highest BCUT2D eigenvalue weighted by Gasteiger charge is 2.27. The van der Waals surface area contributed by atoms with E-state index in [0.717, 1.165) is 34.1 Å². The summed E-state index contributed by atoms with van der Waals surface area (Å²) in [6, 6.07) is 7.81. The second kappa shape index (κ2) is 13.7. The quantitative estimate of drug-likeness (QED) is 0.377. The topological polar surface area (TPSA) is 63.0 Å². The zero-order chi connectivity index (χ0) is 25.8. The lowest BCUT2D eigenvalue weighted by Crippen LogP contribution is -2.37. The second-order valence-electron chi connectivity index (χ2n) is 7.49. The number of allylic oxidation sites excluding steroid dienone is 5. The molecule has 1 aliphatic heterocycles. The van der Waals surface area contributed by atoms with Gasteiger partial charge in [0.15, 0.2) is 0 Å². The largest absolute Gasteiger partial charge is 0.496 e. The molecular formula is C28H37N5O2. The molecule has 0 saturated carbocycles. The molecule has 35 heavy (non-hydrogen) atoms. The molecule has 2 aromatic rings. The maximum atomic E-state index is 13.4. The molecule has 1 amide bonds. The molecular weight excluding hydrogens is 438 g/mol. The Hall–Kier alpha value is -3.87. The van der Waals surface area contributed by atoms with Gasteiger partial charge in [0.2, 0.25) is 5.91 Å². The number of fused-ring (bicyclic) bond motifs is 1. The number of carbonyl (C=O) groups is 1. The second-order valence-corrected chi connectivity index (χ2v) is 7.49. The maximum Gasteiger partial charge on any atom is 0.247 e. The number of para-hydroxylation sites is 1. The van der Waals surface area contributed by atoms with Crippen molar-refractivity contribution in [3.05, 3.63) is 84.6 Å². The van der Waals surface area contributed by atoms with E-state index < -0.39 is 0 Å². The van der Waals surface area contributed by atoms with E-state index in [9.17, 15) is 4.79 Å². The van der Waals surface area contributed by atoms with Gasteiger partial charge in [-0.25, -0.2) is 4.98 Å². The molecule has 2 heterocycles. The van der Waals surface area contributed by atoms with Crippen LogP contribution in [0.1, 0.15) is 33.5 Å². The number of rotatable bonds is 8. The van der Waals surface area contributed by atoms with Gasteiger partial charge in [0, 0.05) is 24.5 Å². The van der Waals surface area contributed by atoms with Crippen LogP contribution in [0.15, 0.2) is 83.8 Å². The van der Waals surface area contributed by atoms with Gasteiger partial charge in [-0.1, -0.05) is 50.8 Å². The van der Waals surface area contributed by atoms with Crippen molar-refractivity contribution in [3.63, 3.8) is 0 Å². The number of hydrogen-bond donors (Lipinski definition) is 0. The zero-order valence-corrected chi connectivity index (χ0v) is 21.7. The summed E-state index contributed by atoms with van der Waals surface area (Å²) in [5.41, 5.74) is 3.62. The number of benzene rings is 1. The minimum absolute atomic E-state index is 0.0693. The molecule has 0 aliphatic carbocycles. The van der Waals surface area contributed by atoms with Crippen LogP contribution < -0.4 is 4.74 Å². The molecule has 3 rings (SSSR count). The normalized spacial score (nSPS) is 13.6. The fourth-order valence-corrected chi connectivity index (χ4v) is 3.83. The SMILES string of the molecule is C=CN(C=NC)CC(=O)N1Cc2nc(-c3ccccc3OC)cn2CC(/C=C\C)=C1/C=C\C.CC. The van der Waals surface area contributed by atoms with Crippen molar-refractivity contribution in [2.75, 3.05) is 20.7 Å². The Morgan fingerprint density at radius 1 is 1.20 bits per heavy atom. The van der Waals surface area contributed by atoms with Crippen LogP contribution in [0, 0.1) is 0 Å².